The number of sulfonamides is 1. The van der Waals surface area contributed by atoms with Gasteiger partial charge in [-0.1, -0.05) is 46.7 Å². The van der Waals surface area contributed by atoms with E-state index in [1.165, 1.54) is 0 Å². The number of hydrogen-bond acceptors (Lipinski definition) is 4. The first-order chi connectivity index (χ1) is 9.78. The van der Waals surface area contributed by atoms with Crippen molar-refractivity contribution >= 4 is 44.6 Å². The summed E-state index contributed by atoms with van der Waals surface area (Å²) in [6, 6.07) is 7.08. The third-order valence-corrected chi connectivity index (χ3v) is 6.46. The van der Waals surface area contributed by atoms with Crippen LogP contribution in [0.3, 0.4) is 0 Å². The minimum absolute atomic E-state index is 0.158. The summed E-state index contributed by atoms with van der Waals surface area (Å²) >= 11 is 12.6. The molecule has 1 atom stereocenters. The van der Waals surface area contributed by atoms with Crippen molar-refractivity contribution in [2.24, 2.45) is 0 Å². The van der Waals surface area contributed by atoms with Gasteiger partial charge in [0.05, 0.1) is 5.69 Å². The van der Waals surface area contributed by atoms with Gasteiger partial charge >= 0.3 is 0 Å². The minimum Gasteiger partial charge on any atom is -0.229 e. The van der Waals surface area contributed by atoms with Gasteiger partial charge in [-0.15, -0.1) is 0 Å². The zero-order chi connectivity index (χ0) is 15.6. The predicted molar refractivity (Wildman–Crippen MR) is 86.8 cm³/mol. The number of aryl methyl sites for hydroxylation is 1. The van der Waals surface area contributed by atoms with Gasteiger partial charge in [-0.05, 0) is 38.0 Å². The van der Waals surface area contributed by atoms with Crippen LogP contribution < -0.4 is 4.72 Å². The normalized spacial score (nSPS) is 13.3. The molecule has 0 saturated heterocycles. The van der Waals surface area contributed by atoms with Crippen LogP contribution >= 0.6 is 34.5 Å². The molecule has 0 radical (unpaired) electrons. The van der Waals surface area contributed by atoms with Crippen LogP contribution in [0.5, 0.6) is 0 Å². The molecule has 1 aromatic carbocycles. The molecule has 0 aliphatic heterocycles. The zero-order valence-electron chi connectivity index (χ0n) is 11.4. The van der Waals surface area contributed by atoms with E-state index in [4.69, 9.17) is 23.2 Å². The highest BCUT2D eigenvalue weighted by Gasteiger charge is 2.23. The molecule has 0 fully saturated rings. The fourth-order valence-electron chi connectivity index (χ4n) is 1.98. The standard InChI is InChI=1S/C13H14Cl2N2O2S2/c1-8(6-10-4-3-5-11(14)7-10)17-21(18,19)12-9(2)16-13(15)20-12/h3-5,7-8,17H,6H2,1-2H3. The van der Waals surface area contributed by atoms with E-state index in [0.717, 1.165) is 16.9 Å². The highest BCUT2D eigenvalue weighted by molar-refractivity contribution is 7.91. The van der Waals surface area contributed by atoms with Crippen molar-refractivity contribution in [3.05, 3.63) is 45.0 Å². The van der Waals surface area contributed by atoms with Crippen molar-refractivity contribution in [2.45, 2.75) is 30.5 Å². The predicted octanol–water partition coefficient (Wildman–Crippen LogP) is 3.67. The maximum atomic E-state index is 12.3. The Morgan fingerprint density at radius 2 is 2.10 bits per heavy atom. The van der Waals surface area contributed by atoms with E-state index >= 15 is 0 Å². The molecule has 0 aliphatic rings. The molecule has 114 valence electrons. The fraction of sp³-hybridized carbons (Fsp3) is 0.308. The summed E-state index contributed by atoms with van der Waals surface area (Å²) in [5.41, 5.74) is 1.38. The Balaban J connectivity index is 2.11. The quantitative estimate of drug-likeness (QED) is 0.880. The third-order valence-electron chi connectivity index (χ3n) is 2.76. The number of benzene rings is 1. The molecule has 0 spiro atoms. The van der Waals surface area contributed by atoms with Crippen molar-refractivity contribution in [1.29, 1.82) is 0 Å². The van der Waals surface area contributed by atoms with Gasteiger partial charge in [-0.3, -0.25) is 0 Å². The van der Waals surface area contributed by atoms with E-state index in [1.807, 2.05) is 18.2 Å². The van der Waals surface area contributed by atoms with E-state index in [-0.39, 0.29) is 14.7 Å². The van der Waals surface area contributed by atoms with E-state index in [9.17, 15) is 8.42 Å². The summed E-state index contributed by atoms with van der Waals surface area (Å²) in [5, 5.41) is 0.632. The lowest BCUT2D eigenvalue weighted by atomic mass is 10.1. The molecule has 2 rings (SSSR count). The van der Waals surface area contributed by atoms with E-state index in [0.29, 0.717) is 17.1 Å². The summed E-state index contributed by atoms with van der Waals surface area (Å²) < 4.78 is 27.6. The number of aromatic nitrogens is 1. The van der Waals surface area contributed by atoms with Crippen LogP contribution in [0.15, 0.2) is 28.5 Å². The first-order valence-electron chi connectivity index (χ1n) is 6.17. The van der Waals surface area contributed by atoms with Gasteiger partial charge in [-0.25, -0.2) is 18.1 Å². The van der Waals surface area contributed by atoms with Crippen LogP contribution in [0.1, 0.15) is 18.2 Å². The van der Waals surface area contributed by atoms with Gasteiger partial charge < -0.3 is 0 Å². The van der Waals surface area contributed by atoms with E-state index < -0.39 is 10.0 Å². The van der Waals surface area contributed by atoms with E-state index in [1.54, 1.807) is 19.9 Å². The monoisotopic (exact) mass is 364 g/mol. The summed E-state index contributed by atoms with van der Waals surface area (Å²) in [6.07, 6.45) is 0.547. The third kappa shape index (κ3) is 4.40. The number of rotatable bonds is 5. The largest absolute Gasteiger partial charge is 0.252 e. The lowest BCUT2D eigenvalue weighted by molar-refractivity contribution is 0.561. The molecule has 0 amide bonds. The first kappa shape index (κ1) is 16.7. The van der Waals surface area contributed by atoms with Crippen molar-refractivity contribution in [2.75, 3.05) is 0 Å². The number of thiazole rings is 1. The molecule has 8 heteroatoms. The topological polar surface area (TPSA) is 59.1 Å². The Hall–Kier alpha value is -0.660. The first-order valence-corrected chi connectivity index (χ1v) is 9.23. The van der Waals surface area contributed by atoms with Gasteiger partial charge in [0, 0.05) is 11.1 Å². The Kier molecular flexibility index (Phi) is 5.27. The van der Waals surface area contributed by atoms with Crippen LogP contribution in [0.2, 0.25) is 9.49 Å². The van der Waals surface area contributed by atoms with E-state index in [2.05, 4.69) is 9.71 Å². The van der Waals surface area contributed by atoms with Crippen molar-refractivity contribution < 1.29 is 8.42 Å². The minimum atomic E-state index is -3.61. The van der Waals surface area contributed by atoms with Crippen molar-refractivity contribution in [1.82, 2.24) is 9.71 Å². The highest BCUT2D eigenvalue weighted by Crippen LogP contribution is 2.26. The summed E-state index contributed by atoms with van der Waals surface area (Å²) in [6.45, 7) is 3.43. The maximum absolute atomic E-state index is 12.3. The summed E-state index contributed by atoms with van der Waals surface area (Å²) in [7, 11) is -3.61. The molecule has 2 aromatic rings. The average Bonchev–Trinajstić information content (AvgIpc) is 2.68. The SMILES string of the molecule is Cc1nc(Cl)sc1S(=O)(=O)NC(C)Cc1cccc(Cl)c1. The molecular formula is C13H14Cl2N2O2S2. The molecule has 1 heterocycles. The van der Waals surface area contributed by atoms with Crippen LogP contribution in [0, 0.1) is 6.92 Å². The Bertz CT molecular complexity index is 744. The second-order valence-electron chi connectivity index (χ2n) is 4.70. The number of halogens is 2. The van der Waals surface area contributed by atoms with Crippen LogP contribution in [-0.2, 0) is 16.4 Å². The van der Waals surface area contributed by atoms with Gasteiger partial charge in [0.1, 0.15) is 0 Å². The number of hydrogen-bond donors (Lipinski definition) is 1. The Labute approximate surface area is 138 Å². The lowest BCUT2D eigenvalue weighted by Gasteiger charge is -2.13. The van der Waals surface area contributed by atoms with Gasteiger partial charge in [-0.2, -0.15) is 0 Å². The van der Waals surface area contributed by atoms with Crippen LogP contribution in [0.4, 0.5) is 0 Å². The fourth-order valence-corrected chi connectivity index (χ4v) is 5.19. The molecule has 21 heavy (non-hydrogen) atoms. The highest BCUT2D eigenvalue weighted by atomic mass is 35.5. The van der Waals surface area contributed by atoms with Gasteiger partial charge in [0.25, 0.3) is 10.0 Å². The molecule has 0 aliphatic carbocycles. The maximum Gasteiger partial charge on any atom is 0.252 e. The van der Waals surface area contributed by atoms with Gasteiger partial charge in [0.2, 0.25) is 0 Å². The molecule has 1 unspecified atom stereocenters. The number of nitrogens with zero attached hydrogens (tertiary/aromatic N) is 1. The zero-order valence-corrected chi connectivity index (χ0v) is 14.6. The van der Waals surface area contributed by atoms with Crippen LogP contribution in [0.25, 0.3) is 0 Å². The Morgan fingerprint density at radius 3 is 2.67 bits per heavy atom. The molecular weight excluding hydrogens is 351 g/mol. The Morgan fingerprint density at radius 1 is 1.38 bits per heavy atom. The van der Waals surface area contributed by atoms with Gasteiger partial charge in [0.15, 0.2) is 8.68 Å². The molecule has 0 saturated carbocycles. The van der Waals surface area contributed by atoms with Crippen molar-refractivity contribution in [3.8, 4) is 0 Å². The molecule has 1 N–H and O–H groups in total. The molecule has 1 aromatic heterocycles. The lowest BCUT2D eigenvalue weighted by Crippen LogP contribution is -2.34. The average molecular weight is 365 g/mol. The smallest absolute Gasteiger partial charge is 0.229 e. The summed E-state index contributed by atoms with van der Waals surface area (Å²) in [5.74, 6) is 0. The van der Waals surface area contributed by atoms with Crippen LogP contribution in [-0.4, -0.2) is 19.4 Å². The second kappa shape index (κ2) is 6.62. The van der Waals surface area contributed by atoms with Crippen molar-refractivity contribution in [3.63, 3.8) is 0 Å². The second-order valence-corrected chi connectivity index (χ2v) is 8.62. The molecule has 4 nitrogen and oxygen atoms in total. The summed E-state index contributed by atoms with van der Waals surface area (Å²) in [4.78, 5) is 3.93. The molecule has 0 bridgehead atoms. The number of nitrogens with one attached hydrogen (secondary N) is 1.